The van der Waals surface area contributed by atoms with Crippen LogP contribution in [-0.4, -0.2) is 58.6 Å². The maximum atomic E-state index is 11.2. The minimum Gasteiger partial charge on any atom is -0.481 e. The summed E-state index contributed by atoms with van der Waals surface area (Å²) in [5.41, 5.74) is 0. The van der Waals surface area contributed by atoms with Crippen molar-refractivity contribution in [1.29, 1.82) is 0 Å². The van der Waals surface area contributed by atoms with Crippen molar-refractivity contribution in [3.8, 4) is 0 Å². The van der Waals surface area contributed by atoms with Crippen molar-refractivity contribution in [1.82, 2.24) is 9.80 Å². The third-order valence-corrected chi connectivity index (χ3v) is 5.37. The van der Waals surface area contributed by atoms with Gasteiger partial charge in [-0.15, -0.1) is 0 Å². The summed E-state index contributed by atoms with van der Waals surface area (Å²) in [5, 5.41) is 9.24. The Bertz CT molecular complexity index is 334. The molecule has 0 aliphatic carbocycles. The molecule has 4 nitrogen and oxygen atoms in total. The molecule has 0 saturated carbocycles. The second-order valence-corrected chi connectivity index (χ2v) is 6.17. The molecule has 4 atom stereocenters. The summed E-state index contributed by atoms with van der Waals surface area (Å²) < 4.78 is 0. The molecule has 0 aromatic heterocycles. The molecule has 0 spiro atoms. The number of nitrogens with zero attached hydrogens (tertiary/aromatic N) is 2. The van der Waals surface area contributed by atoms with E-state index < -0.39 is 5.97 Å². The van der Waals surface area contributed by atoms with Crippen LogP contribution in [0, 0.1) is 5.92 Å². The van der Waals surface area contributed by atoms with Crippen molar-refractivity contribution in [3.63, 3.8) is 0 Å². The molecular formula is C14H24N2O2. The molecule has 3 rings (SSSR count). The number of carboxylic acids is 1. The zero-order valence-electron chi connectivity index (χ0n) is 11.2. The van der Waals surface area contributed by atoms with Crippen LogP contribution < -0.4 is 0 Å². The molecule has 3 aliphatic rings. The topological polar surface area (TPSA) is 43.8 Å². The number of hydrogen-bond donors (Lipinski definition) is 1. The van der Waals surface area contributed by atoms with E-state index in [2.05, 4.69) is 16.7 Å². The largest absolute Gasteiger partial charge is 0.481 e. The number of carbonyl (C=O) groups is 1. The highest BCUT2D eigenvalue weighted by molar-refractivity contribution is 5.71. The van der Waals surface area contributed by atoms with Crippen molar-refractivity contribution in [2.75, 3.05) is 19.6 Å². The minimum atomic E-state index is -0.608. The molecule has 0 radical (unpaired) electrons. The first-order valence-corrected chi connectivity index (χ1v) is 7.41. The highest BCUT2D eigenvalue weighted by Gasteiger charge is 2.45. The Hall–Kier alpha value is -0.610. The molecule has 0 aromatic carbocycles. The van der Waals surface area contributed by atoms with E-state index in [0.29, 0.717) is 12.1 Å². The first-order chi connectivity index (χ1) is 8.68. The number of fused-ring (bicyclic) bond motifs is 1. The number of hydrogen-bond acceptors (Lipinski definition) is 3. The normalized spacial score (nSPS) is 42.1. The number of likely N-dealkylation sites (tertiary alicyclic amines) is 1. The molecule has 0 bridgehead atoms. The summed E-state index contributed by atoms with van der Waals surface area (Å²) in [5.74, 6) is -0.758. The van der Waals surface area contributed by atoms with Crippen LogP contribution in [0.5, 0.6) is 0 Å². The third kappa shape index (κ3) is 1.95. The van der Waals surface area contributed by atoms with E-state index in [1.165, 1.54) is 38.8 Å². The summed E-state index contributed by atoms with van der Waals surface area (Å²) in [6.07, 6.45) is 6.07. The van der Waals surface area contributed by atoms with Gasteiger partial charge in [0, 0.05) is 24.7 Å². The van der Waals surface area contributed by atoms with E-state index in [-0.39, 0.29) is 12.0 Å². The Labute approximate surface area is 109 Å². The molecular weight excluding hydrogens is 228 g/mol. The Morgan fingerprint density at radius 3 is 2.61 bits per heavy atom. The van der Waals surface area contributed by atoms with Gasteiger partial charge in [-0.25, -0.2) is 0 Å². The van der Waals surface area contributed by atoms with Crippen LogP contribution >= 0.6 is 0 Å². The SMILES string of the molecule is CC1C(C(=O)O)CCN1C1CCN2CCCCC12. The van der Waals surface area contributed by atoms with Gasteiger partial charge in [0.2, 0.25) is 0 Å². The van der Waals surface area contributed by atoms with E-state index in [1.807, 2.05) is 0 Å². The van der Waals surface area contributed by atoms with Gasteiger partial charge in [0.15, 0.2) is 0 Å². The predicted octanol–water partition coefficient (Wildman–Crippen LogP) is 1.41. The van der Waals surface area contributed by atoms with Crippen LogP contribution in [0.25, 0.3) is 0 Å². The van der Waals surface area contributed by atoms with E-state index in [0.717, 1.165) is 13.0 Å². The van der Waals surface area contributed by atoms with Gasteiger partial charge in [-0.2, -0.15) is 0 Å². The van der Waals surface area contributed by atoms with Crippen LogP contribution in [0.2, 0.25) is 0 Å². The van der Waals surface area contributed by atoms with Gasteiger partial charge in [-0.05, 0) is 45.7 Å². The molecule has 4 heteroatoms. The number of piperidine rings is 1. The fraction of sp³-hybridized carbons (Fsp3) is 0.929. The molecule has 1 N–H and O–H groups in total. The number of carboxylic acid groups (broad SMARTS) is 1. The zero-order chi connectivity index (χ0) is 12.7. The molecule has 3 heterocycles. The first kappa shape index (κ1) is 12.4. The van der Waals surface area contributed by atoms with Crippen LogP contribution in [0.1, 0.15) is 39.0 Å². The molecule has 0 aromatic rings. The molecule has 4 unspecified atom stereocenters. The first-order valence-electron chi connectivity index (χ1n) is 7.41. The van der Waals surface area contributed by atoms with E-state index >= 15 is 0 Å². The van der Waals surface area contributed by atoms with Crippen molar-refractivity contribution in [2.45, 2.75) is 57.2 Å². The van der Waals surface area contributed by atoms with E-state index in [1.54, 1.807) is 0 Å². The Morgan fingerprint density at radius 1 is 1.06 bits per heavy atom. The summed E-state index contributed by atoms with van der Waals surface area (Å²) in [6, 6.07) is 1.53. The fourth-order valence-electron chi connectivity index (χ4n) is 4.37. The van der Waals surface area contributed by atoms with Crippen molar-refractivity contribution in [3.05, 3.63) is 0 Å². The Kier molecular flexibility index (Phi) is 3.32. The lowest BCUT2D eigenvalue weighted by Crippen LogP contribution is -2.49. The summed E-state index contributed by atoms with van der Waals surface area (Å²) >= 11 is 0. The number of rotatable bonds is 2. The van der Waals surface area contributed by atoms with E-state index in [4.69, 9.17) is 0 Å². The molecule has 102 valence electrons. The highest BCUT2D eigenvalue weighted by Crippen LogP contribution is 2.35. The van der Waals surface area contributed by atoms with Gasteiger partial charge >= 0.3 is 5.97 Å². The predicted molar refractivity (Wildman–Crippen MR) is 69.5 cm³/mol. The van der Waals surface area contributed by atoms with E-state index in [9.17, 15) is 9.90 Å². The lowest BCUT2D eigenvalue weighted by molar-refractivity contribution is -0.142. The second kappa shape index (κ2) is 4.82. The average Bonchev–Trinajstić information content (AvgIpc) is 2.92. The van der Waals surface area contributed by atoms with Crippen LogP contribution in [0.15, 0.2) is 0 Å². The fourth-order valence-corrected chi connectivity index (χ4v) is 4.37. The minimum absolute atomic E-state index is 0.150. The average molecular weight is 252 g/mol. The van der Waals surface area contributed by atoms with Crippen molar-refractivity contribution >= 4 is 5.97 Å². The van der Waals surface area contributed by atoms with Crippen LogP contribution in [0.3, 0.4) is 0 Å². The number of aliphatic carboxylic acids is 1. The van der Waals surface area contributed by atoms with Gasteiger partial charge in [0.1, 0.15) is 0 Å². The maximum absolute atomic E-state index is 11.2. The quantitative estimate of drug-likeness (QED) is 0.807. The monoisotopic (exact) mass is 252 g/mol. The Morgan fingerprint density at radius 2 is 1.89 bits per heavy atom. The molecule has 3 aliphatic heterocycles. The summed E-state index contributed by atoms with van der Waals surface area (Å²) in [4.78, 5) is 16.3. The lowest BCUT2D eigenvalue weighted by Gasteiger charge is -2.38. The zero-order valence-corrected chi connectivity index (χ0v) is 11.2. The second-order valence-electron chi connectivity index (χ2n) is 6.17. The molecule has 18 heavy (non-hydrogen) atoms. The molecule has 0 amide bonds. The van der Waals surface area contributed by atoms with Gasteiger partial charge in [0.05, 0.1) is 5.92 Å². The van der Waals surface area contributed by atoms with Gasteiger partial charge in [0.25, 0.3) is 0 Å². The Balaban J connectivity index is 1.70. The van der Waals surface area contributed by atoms with Gasteiger partial charge < -0.3 is 5.11 Å². The third-order valence-electron chi connectivity index (χ3n) is 5.37. The van der Waals surface area contributed by atoms with Gasteiger partial charge in [-0.1, -0.05) is 6.42 Å². The standard InChI is InChI=1S/C14H24N2O2/c1-10-11(14(17)18)5-9-16(10)13-6-8-15-7-3-2-4-12(13)15/h10-13H,2-9H2,1H3,(H,17,18). The van der Waals surface area contributed by atoms with Crippen molar-refractivity contribution in [2.24, 2.45) is 5.92 Å². The molecule has 3 fully saturated rings. The highest BCUT2D eigenvalue weighted by atomic mass is 16.4. The molecule has 3 saturated heterocycles. The van der Waals surface area contributed by atoms with Gasteiger partial charge in [-0.3, -0.25) is 14.6 Å². The van der Waals surface area contributed by atoms with Crippen molar-refractivity contribution < 1.29 is 9.90 Å². The van der Waals surface area contributed by atoms with Crippen LogP contribution in [-0.2, 0) is 4.79 Å². The smallest absolute Gasteiger partial charge is 0.308 e. The summed E-state index contributed by atoms with van der Waals surface area (Å²) in [6.45, 7) is 5.56. The van der Waals surface area contributed by atoms with Crippen LogP contribution in [0.4, 0.5) is 0 Å². The summed E-state index contributed by atoms with van der Waals surface area (Å²) in [7, 11) is 0. The lowest BCUT2D eigenvalue weighted by atomic mass is 9.96. The maximum Gasteiger partial charge on any atom is 0.308 e.